The number of aliphatic hydroxyl groups excluding tert-OH is 1. The van der Waals surface area contributed by atoms with E-state index in [9.17, 15) is 0 Å². The molecule has 0 amide bonds. The van der Waals surface area contributed by atoms with Crippen LogP contribution in [0.2, 0.25) is 0 Å². The summed E-state index contributed by atoms with van der Waals surface area (Å²) in [7, 11) is 0. The number of rotatable bonds is 1. The van der Waals surface area contributed by atoms with Crippen molar-refractivity contribution in [2.45, 2.75) is 6.61 Å². The van der Waals surface area contributed by atoms with E-state index in [1.807, 2.05) is 6.07 Å². The Bertz CT molecular complexity index is 159. The third-order valence-corrected chi connectivity index (χ3v) is 0.905. The van der Waals surface area contributed by atoms with Gasteiger partial charge in [0.2, 0.25) is 0 Å². The zero-order valence-corrected chi connectivity index (χ0v) is 7.99. The third kappa shape index (κ3) is 4.06. The van der Waals surface area contributed by atoms with Crippen LogP contribution >= 0.6 is 0 Å². The van der Waals surface area contributed by atoms with E-state index in [4.69, 9.17) is 5.11 Å². The van der Waals surface area contributed by atoms with E-state index >= 15 is 0 Å². The van der Waals surface area contributed by atoms with Gasteiger partial charge in [-0.25, -0.2) is 0 Å². The van der Waals surface area contributed by atoms with Crippen LogP contribution in [0.1, 0.15) is 5.56 Å². The summed E-state index contributed by atoms with van der Waals surface area (Å²) in [5.74, 6) is 0. The monoisotopic (exact) mass is 143 g/mol. The quantitative estimate of drug-likeness (QED) is 0.430. The van der Waals surface area contributed by atoms with Gasteiger partial charge < -0.3 is 13.5 Å². The van der Waals surface area contributed by atoms with Gasteiger partial charge in [-0.1, -0.05) is 6.07 Å². The number of hydrogen-bond donors (Lipinski definition) is 1. The van der Waals surface area contributed by atoms with Gasteiger partial charge in [0, 0.05) is 12.4 Å². The minimum atomic E-state index is 0. The summed E-state index contributed by atoms with van der Waals surface area (Å²) in [4.78, 5) is 3.80. The molecule has 10 heavy (non-hydrogen) atoms. The molecule has 1 rings (SSSR count). The molecule has 0 aromatic carbocycles. The number of pyridine rings is 1. The molecule has 2 nitrogen and oxygen atoms in total. The van der Waals surface area contributed by atoms with Crippen molar-refractivity contribution < 1.29 is 34.7 Å². The molecule has 1 N–H and O–H groups in total. The van der Waals surface area contributed by atoms with Crippen LogP contribution in [0.4, 0.5) is 0 Å². The van der Waals surface area contributed by atoms with Crippen molar-refractivity contribution in [1.82, 2.24) is 4.98 Å². The van der Waals surface area contributed by atoms with Crippen LogP contribution < -0.4 is 29.6 Å². The first-order valence-corrected chi connectivity index (χ1v) is 2.43. The Morgan fingerprint density at radius 1 is 1.50 bits per heavy atom. The minimum Gasteiger partial charge on any atom is -1.00 e. The molecule has 0 aliphatic heterocycles. The van der Waals surface area contributed by atoms with Crippen LogP contribution in [0.15, 0.2) is 24.5 Å². The summed E-state index contributed by atoms with van der Waals surface area (Å²) in [6.07, 6.45) is 3.32. The van der Waals surface area contributed by atoms with Crippen molar-refractivity contribution in [3.8, 4) is 0 Å². The molecule has 0 spiro atoms. The molecule has 46 valence electrons. The molecule has 1 heterocycles. The smallest absolute Gasteiger partial charge is 1.00 e. The van der Waals surface area contributed by atoms with Crippen LogP contribution in [-0.4, -0.2) is 18.5 Å². The first-order valence-electron chi connectivity index (χ1n) is 2.43. The maximum Gasteiger partial charge on any atom is 1.00 e. The molecule has 0 fully saturated rings. The minimum absolute atomic E-state index is 0. The van der Waals surface area contributed by atoms with Crippen LogP contribution in [0.3, 0.4) is 0 Å². The Labute approximate surface area is 84.5 Å². The predicted octanol–water partition coefficient (Wildman–Crippen LogP) is -2.80. The largest absolute Gasteiger partial charge is 1.00 e. The first kappa shape index (κ1) is 12.8. The van der Waals surface area contributed by atoms with Gasteiger partial charge in [0.1, 0.15) is 0 Å². The molecule has 0 bridgehead atoms. The van der Waals surface area contributed by atoms with Crippen molar-refractivity contribution in [2.75, 3.05) is 0 Å². The maximum absolute atomic E-state index is 8.50. The number of aliphatic hydroxyl groups is 1. The van der Waals surface area contributed by atoms with E-state index in [1.165, 1.54) is 0 Å². The molecule has 1 aromatic rings. The molecule has 0 aliphatic carbocycles. The Balaban J connectivity index is 0. The molecular formula is C6H7BNNaO. The second-order valence-corrected chi connectivity index (χ2v) is 1.52. The molecular weight excluding hydrogens is 136 g/mol. The number of hydrogen-bond acceptors (Lipinski definition) is 2. The molecule has 4 radical (unpaired) electrons. The van der Waals surface area contributed by atoms with Crippen LogP contribution in [0.25, 0.3) is 0 Å². The molecule has 0 aliphatic rings. The first-order chi connectivity index (χ1) is 3.93. The van der Waals surface area contributed by atoms with Crippen molar-refractivity contribution >= 4 is 8.41 Å². The Morgan fingerprint density at radius 2 is 2.20 bits per heavy atom. The van der Waals surface area contributed by atoms with Crippen molar-refractivity contribution in [3.63, 3.8) is 0 Å². The molecule has 4 heteroatoms. The summed E-state index contributed by atoms with van der Waals surface area (Å²) < 4.78 is 0. The van der Waals surface area contributed by atoms with E-state index in [1.54, 1.807) is 18.5 Å². The van der Waals surface area contributed by atoms with Gasteiger partial charge in [0.25, 0.3) is 0 Å². The molecule has 1 aromatic heterocycles. The SMILES string of the molecule is OCc1cccnc1.[B-].[Na+]. The molecule has 0 saturated heterocycles. The summed E-state index contributed by atoms with van der Waals surface area (Å²) in [6, 6.07) is 3.62. The fourth-order valence-corrected chi connectivity index (χ4v) is 0.492. The average Bonchev–Trinajstić information content (AvgIpc) is 1.90. The van der Waals surface area contributed by atoms with E-state index in [-0.39, 0.29) is 44.6 Å². The summed E-state index contributed by atoms with van der Waals surface area (Å²) in [6.45, 7) is 0.0772. The van der Waals surface area contributed by atoms with Crippen LogP contribution in [0, 0.1) is 0 Å². The van der Waals surface area contributed by atoms with Gasteiger partial charge in [-0.2, -0.15) is 0 Å². The third-order valence-electron chi connectivity index (χ3n) is 0.905. The van der Waals surface area contributed by atoms with Crippen LogP contribution in [-0.2, 0) is 6.61 Å². The second kappa shape index (κ2) is 7.28. The predicted molar refractivity (Wildman–Crippen MR) is 35.9 cm³/mol. The van der Waals surface area contributed by atoms with E-state index < -0.39 is 0 Å². The van der Waals surface area contributed by atoms with Crippen LogP contribution in [0.5, 0.6) is 0 Å². The molecule has 0 unspecified atom stereocenters. The van der Waals surface area contributed by atoms with Gasteiger partial charge in [-0.15, -0.1) is 0 Å². The standard InChI is InChI=1S/C6H7NO.B.Na/c8-5-6-2-1-3-7-4-6;;/h1-4,8H,5H2;;/q;-1;+1. The Kier molecular flexibility index (Phi) is 9.34. The normalized spacial score (nSPS) is 7.30. The second-order valence-electron chi connectivity index (χ2n) is 1.52. The Morgan fingerprint density at radius 3 is 2.50 bits per heavy atom. The average molecular weight is 143 g/mol. The zero-order chi connectivity index (χ0) is 5.82. The van der Waals surface area contributed by atoms with E-state index in [2.05, 4.69) is 4.98 Å². The van der Waals surface area contributed by atoms with E-state index in [0.29, 0.717) is 0 Å². The fourth-order valence-electron chi connectivity index (χ4n) is 0.492. The topological polar surface area (TPSA) is 33.1 Å². The van der Waals surface area contributed by atoms with Crippen molar-refractivity contribution in [2.24, 2.45) is 0 Å². The maximum atomic E-state index is 8.50. The van der Waals surface area contributed by atoms with Gasteiger partial charge in [-0.3, -0.25) is 4.98 Å². The number of nitrogens with zero attached hydrogens (tertiary/aromatic N) is 1. The van der Waals surface area contributed by atoms with Crippen molar-refractivity contribution in [3.05, 3.63) is 30.1 Å². The van der Waals surface area contributed by atoms with Gasteiger partial charge in [0.05, 0.1) is 6.61 Å². The summed E-state index contributed by atoms with van der Waals surface area (Å²) in [5.41, 5.74) is 0.854. The van der Waals surface area contributed by atoms with Gasteiger partial charge in [0.15, 0.2) is 0 Å². The van der Waals surface area contributed by atoms with Gasteiger partial charge >= 0.3 is 29.6 Å². The summed E-state index contributed by atoms with van der Waals surface area (Å²) >= 11 is 0. The summed E-state index contributed by atoms with van der Waals surface area (Å²) in [5, 5.41) is 8.50. The zero-order valence-electron chi connectivity index (χ0n) is 5.99. The fraction of sp³-hybridized carbons (Fsp3) is 0.167. The van der Waals surface area contributed by atoms with Crippen molar-refractivity contribution in [1.29, 1.82) is 0 Å². The molecule has 0 atom stereocenters. The van der Waals surface area contributed by atoms with E-state index in [0.717, 1.165) is 5.56 Å². The Hall–Kier alpha value is 0.175. The number of aromatic nitrogens is 1. The van der Waals surface area contributed by atoms with Gasteiger partial charge in [-0.05, 0) is 11.6 Å². The molecule has 0 saturated carbocycles.